The molecule has 1 aliphatic rings. The van der Waals surface area contributed by atoms with E-state index in [0.29, 0.717) is 18.2 Å². The highest BCUT2D eigenvalue weighted by atomic mass is 35.5. The Balaban J connectivity index is 1.82. The maximum absolute atomic E-state index is 13.5. The molecule has 0 bridgehead atoms. The van der Waals surface area contributed by atoms with Crippen molar-refractivity contribution in [2.24, 2.45) is 0 Å². The van der Waals surface area contributed by atoms with E-state index in [4.69, 9.17) is 11.6 Å². The van der Waals surface area contributed by atoms with Gasteiger partial charge in [0.1, 0.15) is 11.6 Å². The van der Waals surface area contributed by atoms with Crippen LogP contribution >= 0.6 is 11.6 Å². The van der Waals surface area contributed by atoms with Crippen LogP contribution in [0.2, 0.25) is 5.02 Å². The third-order valence-corrected chi connectivity index (χ3v) is 3.31. The molecule has 0 saturated heterocycles. The number of rotatable bonds is 6. The first kappa shape index (κ1) is 13.7. The minimum Gasteiger partial charge on any atom is -0.312 e. The Bertz CT molecular complexity index is 422. The summed E-state index contributed by atoms with van der Waals surface area (Å²) >= 11 is 5.49. The molecule has 0 aromatic heterocycles. The number of hydrogen-bond donors (Lipinski definition) is 2. The molecule has 5 heteroatoms. The number of hydrogen-bond acceptors (Lipinski definition) is 2. The highest BCUT2D eigenvalue weighted by Crippen LogP contribution is 2.20. The Morgan fingerprint density at radius 1 is 1.33 bits per heavy atom. The van der Waals surface area contributed by atoms with E-state index in [2.05, 4.69) is 10.6 Å². The highest BCUT2D eigenvalue weighted by molar-refractivity contribution is 6.30. The van der Waals surface area contributed by atoms with E-state index in [-0.39, 0.29) is 11.1 Å². The molecule has 1 saturated carbocycles. The van der Waals surface area contributed by atoms with Crippen LogP contribution in [0.15, 0.2) is 12.1 Å². The fourth-order valence-electron chi connectivity index (χ4n) is 1.69. The van der Waals surface area contributed by atoms with Crippen LogP contribution in [-0.4, -0.2) is 18.6 Å². The zero-order valence-corrected chi connectivity index (χ0v) is 11.0. The zero-order valence-electron chi connectivity index (χ0n) is 10.3. The standard InChI is InChI=1S/C13H17ClF2N2/c1-8(6-18-10-2-3-10)17-7-9-4-13(16)11(14)5-12(9)15/h4-5,8,10,17-18H,2-3,6-7H2,1H3. The Morgan fingerprint density at radius 2 is 2.06 bits per heavy atom. The summed E-state index contributed by atoms with van der Waals surface area (Å²) in [7, 11) is 0. The van der Waals surface area contributed by atoms with Crippen molar-refractivity contribution in [3.8, 4) is 0 Å². The van der Waals surface area contributed by atoms with Gasteiger partial charge in [-0.2, -0.15) is 0 Å². The van der Waals surface area contributed by atoms with Gasteiger partial charge in [0.05, 0.1) is 5.02 Å². The van der Waals surface area contributed by atoms with Crippen LogP contribution in [0.3, 0.4) is 0 Å². The van der Waals surface area contributed by atoms with Crippen LogP contribution < -0.4 is 10.6 Å². The lowest BCUT2D eigenvalue weighted by atomic mass is 10.2. The second-order valence-electron chi connectivity index (χ2n) is 4.82. The summed E-state index contributed by atoms with van der Waals surface area (Å²) < 4.78 is 26.7. The average Bonchev–Trinajstić information content (AvgIpc) is 3.13. The molecule has 18 heavy (non-hydrogen) atoms. The molecule has 1 atom stereocenters. The molecular formula is C13H17ClF2N2. The third-order valence-electron chi connectivity index (χ3n) is 3.02. The third kappa shape index (κ3) is 3.90. The van der Waals surface area contributed by atoms with Gasteiger partial charge >= 0.3 is 0 Å². The molecule has 1 unspecified atom stereocenters. The number of halogens is 3. The molecule has 1 aromatic rings. The Kier molecular flexibility index (Phi) is 4.54. The molecule has 0 amide bonds. The van der Waals surface area contributed by atoms with Gasteiger partial charge in [-0.25, -0.2) is 8.78 Å². The normalized spacial score (nSPS) is 16.9. The van der Waals surface area contributed by atoms with Crippen LogP contribution in [0, 0.1) is 11.6 Å². The van der Waals surface area contributed by atoms with Crippen LogP contribution in [0.4, 0.5) is 8.78 Å². The number of benzene rings is 1. The predicted molar refractivity (Wildman–Crippen MR) is 68.7 cm³/mol. The molecule has 0 heterocycles. The molecule has 0 aliphatic heterocycles. The topological polar surface area (TPSA) is 24.1 Å². The molecule has 1 aromatic carbocycles. The van der Waals surface area contributed by atoms with Gasteiger partial charge < -0.3 is 10.6 Å². The van der Waals surface area contributed by atoms with E-state index in [9.17, 15) is 8.78 Å². The smallest absolute Gasteiger partial charge is 0.142 e. The van der Waals surface area contributed by atoms with Gasteiger partial charge in [0.25, 0.3) is 0 Å². The summed E-state index contributed by atoms with van der Waals surface area (Å²) in [6.45, 7) is 3.15. The monoisotopic (exact) mass is 274 g/mol. The van der Waals surface area contributed by atoms with Crippen LogP contribution in [-0.2, 0) is 6.54 Å². The fraction of sp³-hybridized carbons (Fsp3) is 0.538. The summed E-state index contributed by atoms with van der Waals surface area (Å²) in [6, 6.07) is 3.02. The van der Waals surface area contributed by atoms with Crippen molar-refractivity contribution >= 4 is 11.6 Å². The quantitative estimate of drug-likeness (QED) is 0.780. The summed E-state index contributed by atoms with van der Waals surface area (Å²) in [4.78, 5) is 0. The molecule has 2 nitrogen and oxygen atoms in total. The van der Waals surface area contributed by atoms with Crippen LogP contribution in [0.25, 0.3) is 0 Å². The molecule has 1 fully saturated rings. The van der Waals surface area contributed by atoms with Gasteiger partial charge in [-0.05, 0) is 31.9 Å². The Morgan fingerprint density at radius 3 is 2.72 bits per heavy atom. The molecular weight excluding hydrogens is 258 g/mol. The Labute approximate surface area is 111 Å². The van der Waals surface area contributed by atoms with Gasteiger partial charge in [-0.1, -0.05) is 11.6 Å². The lowest BCUT2D eigenvalue weighted by Gasteiger charge is -2.15. The molecule has 100 valence electrons. The summed E-state index contributed by atoms with van der Waals surface area (Å²) in [5.74, 6) is -1.06. The van der Waals surface area contributed by atoms with Crippen molar-refractivity contribution in [2.75, 3.05) is 6.54 Å². The fourth-order valence-corrected chi connectivity index (χ4v) is 1.84. The average molecular weight is 275 g/mol. The second kappa shape index (κ2) is 5.95. The Hall–Kier alpha value is -0.710. The first-order chi connectivity index (χ1) is 8.56. The van der Waals surface area contributed by atoms with E-state index in [1.807, 2.05) is 6.92 Å². The molecule has 0 radical (unpaired) electrons. The minimum atomic E-state index is -0.585. The van der Waals surface area contributed by atoms with Crippen molar-refractivity contribution < 1.29 is 8.78 Å². The zero-order chi connectivity index (χ0) is 13.1. The lowest BCUT2D eigenvalue weighted by molar-refractivity contribution is 0.488. The van der Waals surface area contributed by atoms with Crippen LogP contribution in [0.1, 0.15) is 25.3 Å². The summed E-state index contributed by atoms with van der Waals surface area (Å²) in [6.07, 6.45) is 2.48. The van der Waals surface area contributed by atoms with Crippen LogP contribution in [0.5, 0.6) is 0 Å². The van der Waals surface area contributed by atoms with E-state index >= 15 is 0 Å². The van der Waals surface area contributed by atoms with Crippen molar-refractivity contribution in [3.05, 3.63) is 34.4 Å². The molecule has 2 rings (SSSR count). The first-order valence-corrected chi connectivity index (χ1v) is 6.54. The highest BCUT2D eigenvalue weighted by Gasteiger charge is 2.20. The summed E-state index contributed by atoms with van der Waals surface area (Å²) in [5.41, 5.74) is 0.301. The molecule has 0 spiro atoms. The van der Waals surface area contributed by atoms with Gasteiger partial charge in [0.2, 0.25) is 0 Å². The lowest BCUT2D eigenvalue weighted by Crippen LogP contribution is -2.36. The van der Waals surface area contributed by atoms with Gasteiger partial charge in [-0.15, -0.1) is 0 Å². The number of nitrogens with one attached hydrogen (secondary N) is 2. The first-order valence-electron chi connectivity index (χ1n) is 6.16. The minimum absolute atomic E-state index is 0.181. The van der Waals surface area contributed by atoms with Crippen molar-refractivity contribution in [3.63, 3.8) is 0 Å². The maximum Gasteiger partial charge on any atom is 0.142 e. The molecule has 1 aliphatic carbocycles. The molecule has 2 N–H and O–H groups in total. The van der Waals surface area contributed by atoms with Gasteiger partial charge in [-0.3, -0.25) is 0 Å². The largest absolute Gasteiger partial charge is 0.312 e. The second-order valence-corrected chi connectivity index (χ2v) is 5.23. The van der Waals surface area contributed by atoms with Crippen molar-refractivity contribution in [1.82, 2.24) is 10.6 Å². The summed E-state index contributed by atoms with van der Waals surface area (Å²) in [5, 5.41) is 6.35. The maximum atomic E-state index is 13.5. The van der Waals surface area contributed by atoms with E-state index in [1.165, 1.54) is 12.8 Å². The van der Waals surface area contributed by atoms with E-state index < -0.39 is 11.6 Å². The SMILES string of the molecule is CC(CNC1CC1)NCc1cc(F)c(Cl)cc1F. The van der Waals surface area contributed by atoms with Gasteiger partial charge in [0.15, 0.2) is 0 Å². The van der Waals surface area contributed by atoms with Crippen molar-refractivity contribution in [1.29, 1.82) is 0 Å². The van der Waals surface area contributed by atoms with E-state index in [0.717, 1.165) is 18.7 Å². The predicted octanol–water partition coefficient (Wildman–Crippen LogP) is 2.85. The van der Waals surface area contributed by atoms with E-state index in [1.54, 1.807) is 0 Å². The van der Waals surface area contributed by atoms with Gasteiger partial charge in [0, 0.05) is 30.7 Å². The van der Waals surface area contributed by atoms with Crippen molar-refractivity contribution in [2.45, 2.75) is 38.4 Å².